The van der Waals surface area contributed by atoms with Gasteiger partial charge in [0.1, 0.15) is 0 Å². The fourth-order valence-corrected chi connectivity index (χ4v) is 4.22. The van der Waals surface area contributed by atoms with Crippen LogP contribution in [0.15, 0.2) is 83.8 Å². The summed E-state index contributed by atoms with van der Waals surface area (Å²) in [6.07, 6.45) is 0. The number of benzene rings is 3. The maximum atomic E-state index is 13.1. The van der Waals surface area contributed by atoms with Gasteiger partial charge in [-0.25, -0.2) is 18.4 Å². The Bertz CT molecular complexity index is 1270. The SMILES string of the molecule is CCN(c1ccccc1)c1nc2ccccc2nc1NS(=O)(=O)c1ccc(C)cc1. The van der Waals surface area contributed by atoms with E-state index in [1.54, 1.807) is 24.3 Å². The molecule has 6 nitrogen and oxygen atoms in total. The van der Waals surface area contributed by atoms with Crippen LogP contribution in [0.25, 0.3) is 11.0 Å². The lowest BCUT2D eigenvalue weighted by molar-refractivity contribution is 0.601. The summed E-state index contributed by atoms with van der Waals surface area (Å²) in [5, 5.41) is 0. The van der Waals surface area contributed by atoms with Crippen LogP contribution < -0.4 is 9.62 Å². The van der Waals surface area contributed by atoms with E-state index < -0.39 is 10.0 Å². The highest BCUT2D eigenvalue weighted by molar-refractivity contribution is 7.92. The first kappa shape index (κ1) is 19.8. The number of hydrogen-bond acceptors (Lipinski definition) is 5. The highest BCUT2D eigenvalue weighted by atomic mass is 32.2. The van der Waals surface area contributed by atoms with Crippen molar-refractivity contribution in [3.8, 4) is 0 Å². The zero-order chi connectivity index (χ0) is 21.1. The van der Waals surface area contributed by atoms with Crippen molar-refractivity contribution in [3.63, 3.8) is 0 Å². The molecule has 0 bridgehead atoms. The molecular weight excluding hydrogens is 396 g/mol. The van der Waals surface area contributed by atoms with E-state index in [9.17, 15) is 8.42 Å². The topological polar surface area (TPSA) is 75.2 Å². The highest BCUT2D eigenvalue weighted by Crippen LogP contribution is 2.32. The molecule has 1 N–H and O–H groups in total. The molecule has 0 spiro atoms. The fourth-order valence-electron chi connectivity index (χ4n) is 3.21. The standard InChI is InChI=1S/C23H22N4O2S/c1-3-27(18-9-5-4-6-10-18)23-22(24-20-11-7-8-12-21(20)25-23)26-30(28,29)19-15-13-17(2)14-16-19/h4-16H,3H2,1-2H3,(H,24,26). The second-order valence-corrected chi connectivity index (χ2v) is 8.57. The predicted molar refractivity (Wildman–Crippen MR) is 121 cm³/mol. The van der Waals surface area contributed by atoms with Crippen LogP contribution in [0.1, 0.15) is 12.5 Å². The number of para-hydroxylation sites is 3. The van der Waals surface area contributed by atoms with Gasteiger partial charge < -0.3 is 4.90 Å². The normalized spacial score (nSPS) is 11.4. The van der Waals surface area contributed by atoms with Gasteiger partial charge in [-0.05, 0) is 50.2 Å². The Labute approximate surface area is 176 Å². The molecule has 0 unspecified atom stereocenters. The molecule has 4 aromatic rings. The molecular formula is C23H22N4O2S. The van der Waals surface area contributed by atoms with E-state index in [0.717, 1.165) is 11.3 Å². The Morgan fingerprint density at radius 2 is 1.43 bits per heavy atom. The molecule has 0 aliphatic carbocycles. The summed E-state index contributed by atoms with van der Waals surface area (Å²) in [6, 6.07) is 23.8. The van der Waals surface area contributed by atoms with Crippen LogP contribution in [0, 0.1) is 6.92 Å². The van der Waals surface area contributed by atoms with E-state index in [1.165, 1.54) is 0 Å². The molecule has 0 aliphatic heterocycles. The van der Waals surface area contributed by atoms with Crippen LogP contribution in [-0.2, 0) is 10.0 Å². The maximum Gasteiger partial charge on any atom is 0.263 e. The summed E-state index contributed by atoms with van der Waals surface area (Å²) in [5.41, 5.74) is 3.20. The molecule has 0 radical (unpaired) electrons. The third kappa shape index (κ3) is 3.97. The molecule has 1 heterocycles. The molecule has 1 aromatic heterocycles. The van der Waals surface area contributed by atoms with Crippen molar-refractivity contribution in [1.82, 2.24) is 9.97 Å². The molecule has 30 heavy (non-hydrogen) atoms. The first-order chi connectivity index (χ1) is 14.5. The monoisotopic (exact) mass is 418 g/mol. The second-order valence-electron chi connectivity index (χ2n) is 6.88. The van der Waals surface area contributed by atoms with Crippen molar-refractivity contribution in [2.24, 2.45) is 0 Å². The van der Waals surface area contributed by atoms with Crippen molar-refractivity contribution in [2.75, 3.05) is 16.2 Å². The van der Waals surface area contributed by atoms with Crippen LogP contribution in [-0.4, -0.2) is 24.9 Å². The van der Waals surface area contributed by atoms with Gasteiger partial charge in [-0.3, -0.25) is 4.72 Å². The van der Waals surface area contributed by atoms with E-state index in [2.05, 4.69) is 9.71 Å². The van der Waals surface area contributed by atoms with Gasteiger partial charge in [-0.15, -0.1) is 0 Å². The van der Waals surface area contributed by atoms with Crippen molar-refractivity contribution in [2.45, 2.75) is 18.7 Å². The van der Waals surface area contributed by atoms with Crippen LogP contribution in [0.2, 0.25) is 0 Å². The minimum absolute atomic E-state index is 0.178. The number of aromatic nitrogens is 2. The summed E-state index contributed by atoms with van der Waals surface area (Å²) in [7, 11) is -3.82. The van der Waals surface area contributed by atoms with E-state index >= 15 is 0 Å². The lowest BCUT2D eigenvalue weighted by atomic mass is 10.2. The zero-order valence-corrected chi connectivity index (χ0v) is 17.6. The third-order valence-corrected chi connectivity index (χ3v) is 6.11. The summed E-state index contributed by atoms with van der Waals surface area (Å²) in [5.74, 6) is 0.651. The lowest BCUT2D eigenvalue weighted by Crippen LogP contribution is -2.22. The van der Waals surface area contributed by atoms with Gasteiger partial charge in [0.15, 0.2) is 11.6 Å². The number of hydrogen-bond donors (Lipinski definition) is 1. The molecule has 152 valence electrons. The summed E-state index contributed by atoms with van der Waals surface area (Å²) < 4.78 is 28.8. The van der Waals surface area contributed by atoms with Gasteiger partial charge in [-0.1, -0.05) is 48.0 Å². The van der Waals surface area contributed by atoms with Crippen LogP contribution in [0.4, 0.5) is 17.3 Å². The minimum Gasteiger partial charge on any atom is -0.324 e. The predicted octanol–water partition coefficient (Wildman–Crippen LogP) is 4.90. The number of sulfonamides is 1. The van der Waals surface area contributed by atoms with Crippen molar-refractivity contribution >= 4 is 38.4 Å². The molecule has 0 saturated carbocycles. The van der Waals surface area contributed by atoms with Crippen LogP contribution in [0.3, 0.4) is 0 Å². The van der Waals surface area contributed by atoms with Gasteiger partial charge in [0, 0.05) is 12.2 Å². The summed E-state index contributed by atoms with van der Waals surface area (Å²) in [4.78, 5) is 11.5. The number of rotatable bonds is 6. The van der Waals surface area contributed by atoms with Gasteiger partial charge >= 0.3 is 0 Å². The van der Waals surface area contributed by atoms with E-state index in [-0.39, 0.29) is 10.7 Å². The maximum absolute atomic E-state index is 13.1. The zero-order valence-electron chi connectivity index (χ0n) is 16.8. The largest absolute Gasteiger partial charge is 0.324 e. The van der Waals surface area contributed by atoms with Crippen molar-refractivity contribution in [1.29, 1.82) is 0 Å². The molecule has 0 amide bonds. The van der Waals surface area contributed by atoms with Crippen molar-refractivity contribution < 1.29 is 8.42 Å². The average Bonchev–Trinajstić information content (AvgIpc) is 2.75. The summed E-state index contributed by atoms with van der Waals surface area (Å²) in [6.45, 7) is 4.49. The Balaban J connectivity index is 1.85. The lowest BCUT2D eigenvalue weighted by Gasteiger charge is -2.24. The molecule has 0 atom stereocenters. The summed E-state index contributed by atoms with van der Waals surface area (Å²) >= 11 is 0. The van der Waals surface area contributed by atoms with Gasteiger partial charge in [0.25, 0.3) is 10.0 Å². The Kier molecular flexibility index (Phi) is 5.37. The molecule has 7 heteroatoms. The quantitative estimate of drug-likeness (QED) is 0.482. The Morgan fingerprint density at radius 1 is 0.833 bits per heavy atom. The second kappa shape index (κ2) is 8.12. The van der Waals surface area contributed by atoms with Gasteiger partial charge in [0.2, 0.25) is 0 Å². The molecule has 3 aromatic carbocycles. The third-order valence-electron chi connectivity index (χ3n) is 4.75. The molecule has 4 rings (SSSR count). The minimum atomic E-state index is -3.82. The number of fused-ring (bicyclic) bond motifs is 1. The Morgan fingerprint density at radius 3 is 2.07 bits per heavy atom. The highest BCUT2D eigenvalue weighted by Gasteiger charge is 2.22. The van der Waals surface area contributed by atoms with Gasteiger partial charge in [0.05, 0.1) is 15.9 Å². The van der Waals surface area contributed by atoms with Gasteiger partial charge in [-0.2, -0.15) is 0 Å². The first-order valence-corrected chi connectivity index (χ1v) is 11.1. The molecule has 0 saturated heterocycles. The first-order valence-electron chi connectivity index (χ1n) is 9.67. The molecule has 0 aliphatic rings. The van der Waals surface area contributed by atoms with E-state index in [0.29, 0.717) is 23.4 Å². The van der Waals surface area contributed by atoms with E-state index in [1.807, 2.05) is 73.3 Å². The molecule has 0 fully saturated rings. The number of aryl methyl sites for hydroxylation is 1. The van der Waals surface area contributed by atoms with Crippen LogP contribution in [0.5, 0.6) is 0 Å². The van der Waals surface area contributed by atoms with Crippen molar-refractivity contribution in [3.05, 3.63) is 84.4 Å². The Hall–Kier alpha value is -3.45. The average molecular weight is 419 g/mol. The smallest absolute Gasteiger partial charge is 0.263 e. The van der Waals surface area contributed by atoms with Crippen LogP contribution >= 0.6 is 0 Å². The number of anilines is 3. The number of nitrogens with one attached hydrogen (secondary N) is 1. The number of nitrogens with zero attached hydrogens (tertiary/aromatic N) is 3. The fraction of sp³-hybridized carbons (Fsp3) is 0.130. The van der Waals surface area contributed by atoms with E-state index in [4.69, 9.17) is 4.98 Å².